The summed E-state index contributed by atoms with van der Waals surface area (Å²) >= 11 is 0. The van der Waals surface area contributed by atoms with Crippen LogP contribution in [0.25, 0.3) is 11.4 Å². The normalized spacial score (nSPS) is 10.9. The molecule has 0 saturated heterocycles. The molecule has 0 aliphatic heterocycles. The van der Waals surface area contributed by atoms with Crippen molar-refractivity contribution in [2.45, 2.75) is 32.8 Å². The van der Waals surface area contributed by atoms with E-state index in [4.69, 9.17) is 13.8 Å². The predicted molar refractivity (Wildman–Crippen MR) is 94.5 cm³/mol. The molecule has 3 rings (SSSR count). The summed E-state index contributed by atoms with van der Waals surface area (Å²) < 4.78 is 15.1. The molecule has 0 spiro atoms. The first kappa shape index (κ1) is 18.7. The maximum absolute atomic E-state index is 12.0. The Morgan fingerprint density at radius 3 is 2.81 bits per heavy atom. The van der Waals surface area contributed by atoms with Crippen molar-refractivity contribution >= 4 is 5.91 Å². The fourth-order valence-corrected chi connectivity index (χ4v) is 2.45. The summed E-state index contributed by atoms with van der Waals surface area (Å²) in [5.41, 5.74) is 2.01. The molecule has 3 aromatic rings. The molecule has 0 radical (unpaired) electrons. The molecule has 0 unspecified atom stereocenters. The van der Waals surface area contributed by atoms with Gasteiger partial charge in [0.2, 0.25) is 17.6 Å². The first-order chi connectivity index (χ1) is 13.1. The summed E-state index contributed by atoms with van der Waals surface area (Å²) in [7, 11) is 1.55. The van der Waals surface area contributed by atoms with Gasteiger partial charge in [0.25, 0.3) is 5.89 Å². The van der Waals surface area contributed by atoms with Crippen molar-refractivity contribution < 1.29 is 18.6 Å². The van der Waals surface area contributed by atoms with Crippen molar-refractivity contribution in [1.82, 2.24) is 25.6 Å². The van der Waals surface area contributed by atoms with Gasteiger partial charge in [-0.15, -0.1) is 0 Å². The highest BCUT2D eigenvalue weighted by Crippen LogP contribution is 2.17. The van der Waals surface area contributed by atoms with E-state index in [2.05, 4.69) is 25.6 Å². The topological polar surface area (TPSA) is 116 Å². The van der Waals surface area contributed by atoms with Crippen LogP contribution in [0.2, 0.25) is 0 Å². The van der Waals surface area contributed by atoms with Crippen molar-refractivity contribution in [2.75, 3.05) is 13.7 Å². The zero-order valence-corrected chi connectivity index (χ0v) is 15.3. The Balaban J connectivity index is 1.41. The van der Waals surface area contributed by atoms with Crippen molar-refractivity contribution in [3.63, 3.8) is 0 Å². The maximum atomic E-state index is 12.0. The second-order valence-corrected chi connectivity index (χ2v) is 6.02. The van der Waals surface area contributed by atoms with E-state index in [1.807, 2.05) is 31.2 Å². The highest BCUT2D eigenvalue weighted by Gasteiger charge is 2.11. The minimum absolute atomic E-state index is 0.106. The predicted octanol–water partition coefficient (Wildman–Crippen LogP) is 1.87. The summed E-state index contributed by atoms with van der Waals surface area (Å²) in [6.07, 6.45) is 1.12. The summed E-state index contributed by atoms with van der Waals surface area (Å²) in [4.78, 5) is 20.4. The van der Waals surface area contributed by atoms with Crippen LogP contribution >= 0.6 is 0 Å². The number of ether oxygens (including phenoxy) is 1. The summed E-state index contributed by atoms with van der Waals surface area (Å²) in [5.74, 6) is 1.80. The van der Waals surface area contributed by atoms with E-state index in [1.165, 1.54) is 0 Å². The molecule has 0 atom stereocenters. The molecule has 0 aliphatic carbocycles. The molecule has 1 N–H and O–H groups in total. The fraction of sp³-hybridized carbons (Fsp3) is 0.389. The standard InChI is InChI=1S/C18H21N5O4/c1-12-4-3-5-13(10-12)18-21-16(26-23-18)7-6-15(24)19-9-8-14-20-17(11-25-2)27-22-14/h3-5,10H,6-9,11H2,1-2H3,(H,19,24). The molecule has 9 nitrogen and oxygen atoms in total. The molecule has 0 saturated carbocycles. The number of carbonyl (C=O) groups is 1. The van der Waals surface area contributed by atoms with Crippen LogP contribution in [-0.4, -0.2) is 39.8 Å². The van der Waals surface area contributed by atoms with Crippen LogP contribution < -0.4 is 5.32 Å². The number of aromatic nitrogens is 4. The smallest absolute Gasteiger partial charge is 0.252 e. The molecule has 9 heteroatoms. The average molecular weight is 371 g/mol. The Morgan fingerprint density at radius 2 is 2.00 bits per heavy atom. The van der Waals surface area contributed by atoms with Gasteiger partial charge in [-0.05, 0) is 13.0 Å². The van der Waals surface area contributed by atoms with Crippen LogP contribution in [0, 0.1) is 6.92 Å². The summed E-state index contributed by atoms with van der Waals surface area (Å²) in [5, 5.41) is 10.6. The minimum Gasteiger partial charge on any atom is -0.375 e. The van der Waals surface area contributed by atoms with Gasteiger partial charge >= 0.3 is 0 Å². The number of amides is 1. The van der Waals surface area contributed by atoms with Crippen molar-refractivity contribution in [3.8, 4) is 11.4 Å². The van der Waals surface area contributed by atoms with Gasteiger partial charge in [-0.1, -0.05) is 34.1 Å². The van der Waals surface area contributed by atoms with Crippen LogP contribution in [0.1, 0.15) is 29.6 Å². The van der Waals surface area contributed by atoms with Crippen molar-refractivity contribution in [3.05, 3.63) is 47.4 Å². The lowest BCUT2D eigenvalue weighted by Crippen LogP contribution is -2.26. The number of benzene rings is 1. The lowest BCUT2D eigenvalue weighted by atomic mass is 10.1. The van der Waals surface area contributed by atoms with E-state index >= 15 is 0 Å². The van der Waals surface area contributed by atoms with E-state index < -0.39 is 0 Å². The Bertz CT molecular complexity index is 889. The van der Waals surface area contributed by atoms with Gasteiger partial charge in [0.05, 0.1) is 0 Å². The van der Waals surface area contributed by atoms with Gasteiger partial charge in [-0.25, -0.2) is 0 Å². The number of nitrogens with one attached hydrogen (secondary N) is 1. The maximum Gasteiger partial charge on any atom is 0.252 e. The Labute approximate surface area is 156 Å². The minimum atomic E-state index is -0.106. The molecule has 0 fully saturated rings. The van der Waals surface area contributed by atoms with Crippen LogP contribution in [0.5, 0.6) is 0 Å². The summed E-state index contributed by atoms with van der Waals surface area (Å²) in [6.45, 7) is 2.69. The number of aryl methyl sites for hydroxylation is 2. The van der Waals surface area contributed by atoms with Crippen LogP contribution in [0.15, 0.2) is 33.3 Å². The van der Waals surface area contributed by atoms with Crippen LogP contribution in [-0.2, 0) is 29.0 Å². The lowest BCUT2D eigenvalue weighted by Gasteiger charge is -2.01. The SMILES string of the molecule is COCc1nc(CCNC(=O)CCc2nc(-c3cccc(C)c3)no2)no1. The molecule has 27 heavy (non-hydrogen) atoms. The molecule has 2 aromatic heterocycles. The third-order valence-corrected chi connectivity index (χ3v) is 3.76. The second-order valence-electron chi connectivity index (χ2n) is 6.02. The highest BCUT2D eigenvalue weighted by molar-refractivity contribution is 5.76. The average Bonchev–Trinajstić information content (AvgIpc) is 3.30. The lowest BCUT2D eigenvalue weighted by molar-refractivity contribution is -0.121. The molecular weight excluding hydrogens is 350 g/mol. The number of carbonyl (C=O) groups excluding carboxylic acids is 1. The van der Waals surface area contributed by atoms with Crippen LogP contribution in [0.4, 0.5) is 0 Å². The van der Waals surface area contributed by atoms with E-state index in [0.29, 0.717) is 42.8 Å². The zero-order valence-electron chi connectivity index (χ0n) is 15.3. The summed E-state index contributed by atoms with van der Waals surface area (Å²) in [6, 6.07) is 7.85. The van der Waals surface area contributed by atoms with E-state index in [0.717, 1.165) is 11.1 Å². The van der Waals surface area contributed by atoms with Crippen LogP contribution in [0.3, 0.4) is 0 Å². The van der Waals surface area contributed by atoms with Gasteiger partial charge in [-0.3, -0.25) is 4.79 Å². The zero-order chi connectivity index (χ0) is 19.1. The largest absolute Gasteiger partial charge is 0.375 e. The fourth-order valence-electron chi connectivity index (χ4n) is 2.45. The van der Waals surface area contributed by atoms with Gasteiger partial charge in [-0.2, -0.15) is 9.97 Å². The number of rotatable bonds is 9. The molecule has 1 aromatic carbocycles. The van der Waals surface area contributed by atoms with E-state index in [1.54, 1.807) is 7.11 Å². The highest BCUT2D eigenvalue weighted by atomic mass is 16.5. The molecule has 0 bridgehead atoms. The third kappa shape index (κ3) is 5.45. The molecule has 1 amide bonds. The molecule has 142 valence electrons. The van der Waals surface area contributed by atoms with Crippen molar-refractivity contribution in [1.29, 1.82) is 0 Å². The van der Waals surface area contributed by atoms with Gasteiger partial charge in [0.15, 0.2) is 5.82 Å². The quantitative estimate of drug-likeness (QED) is 0.606. The Kier molecular flexibility index (Phi) is 6.26. The Hall–Kier alpha value is -3.07. The monoisotopic (exact) mass is 371 g/mol. The van der Waals surface area contributed by atoms with Gasteiger partial charge < -0.3 is 19.1 Å². The molecular formula is C18H21N5O4. The Morgan fingerprint density at radius 1 is 1.15 bits per heavy atom. The molecule has 0 aliphatic rings. The third-order valence-electron chi connectivity index (χ3n) is 3.76. The molecule has 2 heterocycles. The first-order valence-corrected chi connectivity index (χ1v) is 8.61. The van der Waals surface area contributed by atoms with Gasteiger partial charge in [0, 0.05) is 38.5 Å². The van der Waals surface area contributed by atoms with Crippen molar-refractivity contribution in [2.24, 2.45) is 0 Å². The second kappa shape index (κ2) is 9.04. The first-order valence-electron chi connectivity index (χ1n) is 8.61. The van der Waals surface area contributed by atoms with Gasteiger partial charge in [0.1, 0.15) is 6.61 Å². The van der Waals surface area contributed by atoms with E-state index in [9.17, 15) is 4.79 Å². The van der Waals surface area contributed by atoms with E-state index in [-0.39, 0.29) is 18.9 Å². The number of hydrogen-bond acceptors (Lipinski definition) is 8. The number of nitrogens with zero attached hydrogens (tertiary/aromatic N) is 4. The number of hydrogen-bond donors (Lipinski definition) is 1. The number of methoxy groups -OCH3 is 1.